The van der Waals surface area contributed by atoms with E-state index < -0.39 is 0 Å². The minimum absolute atomic E-state index is 0.188. The number of carbonyl (C=O) groups is 1. The van der Waals surface area contributed by atoms with E-state index >= 15 is 0 Å². The lowest BCUT2D eigenvalue weighted by atomic mass is 9.93. The Kier molecular flexibility index (Phi) is 3.79. The highest BCUT2D eigenvalue weighted by molar-refractivity contribution is 5.91. The van der Waals surface area contributed by atoms with Crippen molar-refractivity contribution in [2.75, 3.05) is 19.6 Å². The van der Waals surface area contributed by atoms with Crippen molar-refractivity contribution in [2.45, 2.75) is 44.1 Å². The third-order valence-electron chi connectivity index (χ3n) is 4.76. The number of piperidine rings is 1. The molecule has 1 heterocycles. The fourth-order valence-corrected chi connectivity index (χ4v) is 3.39. The summed E-state index contributed by atoms with van der Waals surface area (Å²) in [6.45, 7) is 4.98. The number of rotatable bonds is 4. The standard InChI is InChI=1S/C17H24N2O/c1-2-18-15-8-12-19(13-9-15)16(20)17(10-11-17)14-6-4-3-5-7-14/h3-7,15,18H,2,8-13H2,1H3. The summed E-state index contributed by atoms with van der Waals surface area (Å²) in [5.41, 5.74) is 1.02. The van der Waals surface area contributed by atoms with Gasteiger partial charge in [0.05, 0.1) is 5.41 Å². The van der Waals surface area contributed by atoms with Gasteiger partial charge in [0, 0.05) is 19.1 Å². The first kappa shape index (κ1) is 13.6. The van der Waals surface area contributed by atoms with E-state index in [1.54, 1.807) is 0 Å². The fourth-order valence-electron chi connectivity index (χ4n) is 3.39. The van der Waals surface area contributed by atoms with E-state index in [0.29, 0.717) is 11.9 Å². The lowest BCUT2D eigenvalue weighted by Crippen LogP contribution is -2.48. The average Bonchev–Trinajstić information content (AvgIpc) is 3.30. The van der Waals surface area contributed by atoms with E-state index in [4.69, 9.17) is 0 Å². The fraction of sp³-hybridized carbons (Fsp3) is 0.588. The molecule has 1 N–H and O–H groups in total. The highest BCUT2D eigenvalue weighted by atomic mass is 16.2. The third-order valence-corrected chi connectivity index (χ3v) is 4.76. The molecule has 1 aliphatic carbocycles. The Balaban J connectivity index is 1.66. The molecule has 1 saturated heterocycles. The maximum absolute atomic E-state index is 12.9. The highest BCUT2D eigenvalue weighted by Gasteiger charge is 2.53. The van der Waals surface area contributed by atoms with Crippen LogP contribution in [0, 0.1) is 0 Å². The first-order valence-corrected chi connectivity index (χ1v) is 7.84. The molecule has 1 amide bonds. The number of carbonyl (C=O) groups excluding carboxylic acids is 1. The second-order valence-electron chi connectivity index (χ2n) is 6.07. The van der Waals surface area contributed by atoms with Crippen molar-refractivity contribution in [1.29, 1.82) is 0 Å². The third kappa shape index (κ3) is 2.47. The largest absolute Gasteiger partial charge is 0.342 e. The van der Waals surface area contributed by atoms with Crippen LogP contribution in [0.4, 0.5) is 0 Å². The van der Waals surface area contributed by atoms with Gasteiger partial charge in [-0.1, -0.05) is 37.3 Å². The Morgan fingerprint density at radius 3 is 2.45 bits per heavy atom. The molecule has 0 spiro atoms. The van der Waals surface area contributed by atoms with Crippen molar-refractivity contribution >= 4 is 5.91 Å². The van der Waals surface area contributed by atoms with Gasteiger partial charge in [0.25, 0.3) is 0 Å². The van der Waals surface area contributed by atoms with Crippen molar-refractivity contribution in [3.63, 3.8) is 0 Å². The number of hydrogen-bond acceptors (Lipinski definition) is 2. The minimum atomic E-state index is -0.188. The monoisotopic (exact) mass is 272 g/mol. The molecule has 0 bridgehead atoms. The minimum Gasteiger partial charge on any atom is -0.342 e. The van der Waals surface area contributed by atoms with E-state index in [9.17, 15) is 4.79 Å². The molecule has 0 aromatic heterocycles. The van der Waals surface area contributed by atoms with Crippen molar-refractivity contribution < 1.29 is 4.79 Å². The summed E-state index contributed by atoms with van der Waals surface area (Å²) in [6.07, 6.45) is 4.21. The van der Waals surface area contributed by atoms with Crippen molar-refractivity contribution in [3.05, 3.63) is 35.9 Å². The summed E-state index contributed by atoms with van der Waals surface area (Å²) in [6, 6.07) is 10.9. The number of hydrogen-bond donors (Lipinski definition) is 1. The Morgan fingerprint density at radius 2 is 1.90 bits per heavy atom. The van der Waals surface area contributed by atoms with Gasteiger partial charge in [-0.3, -0.25) is 4.79 Å². The van der Waals surface area contributed by atoms with Gasteiger partial charge in [0.2, 0.25) is 5.91 Å². The lowest BCUT2D eigenvalue weighted by Gasteiger charge is -2.34. The number of benzene rings is 1. The summed E-state index contributed by atoms with van der Waals surface area (Å²) in [7, 11) is 0. The molecule has 0 unspecified atom stereocenters. The van der Waals surface area contributed by atoms with Gasteiger partial charge in [-0.25, -0.2) is 0 Å². The topological polar surface area (TPSA) is 32.3 Å². The van der Waals surface area contributed by atoms with Crippen LogP contribution in [0.15, 0.2) is 30.3 Å². The van der Waals surface area contributed by atoms with Gasteiger partial charge in [-0.2, -0.15) is 0 Å². The van der Waals surface area contributed by atoms with Gasteiger partial charge in [-0.15, -0.1) is 0 Å². The Labute approximate surface area is 121 Å². The Hall–Kier alpha value is -1.35. The van der Waals surface area contributed by atoms with Gasteiger partial charge < -0.3 is 10.2 Å². The normalized spacial score (nSPS) is 21.8. The van der Waals surface area contributed by atoms with Crippen molar-refractivity contribution in [3.8, 4) is 0 Å². The molecule has 2 aliphatic rings. The smallest absolute Gasteiger partial charge is 0.233 e. The van der Waals surface area contributed by atoms with Gasteiger partial charge in [0.1, 0.15) is 0 Å². The molecule has 108 valence electrons. The number of likely N-dealkylation sites (tertiary alicyclic amines) is 1. The molecule has 1 aromatic carbocycles. The molecule has 3 rings (SSSR count). The van der Waals surface area contributed by atoms with Crippen molar-refractivity contribution in [2.24, 2.45) is 0 Å². The average molecular weight is 272 g/mol. The van der Waals surface area contributed by atoms with Crippen LogP contribution in [0.5, 0.6) is 0 Å². The summed E-state index contributed by atoms with van der Waals surface area (Å²) in [5, 5.41) is 3.49. The molecule has 3 heteroatoms. The molecule has 0 radical (unpaired) electrons. The van der Waals surface area contributed by atoms with Crippen LogP contribution in [-0.4, -0.2) is 36.5 Å². The zero-order chi connectivity index (χ0) is 14.0. The van der Waals surface area contributed by atoms with Crippen molar-refractivity contribution in [1.82, 2.24) is 10.2 Å². The van der Waals surface area contributed by atoms with Crippen LogP contribution in [0.1, 0.15) is 38.2 Å². The number of nitrogens with zero attached hydrogens (tertiary/aromatic N) is 1. The molecule has 0 atom stereocenters. The summed E-state index contributed by atoms with van der Waals surface area (Å²) < 4.78 is 0. The molecule has 3 nitrogen and oxygen atoms in total. The van der Waals surface area contributed by atoms with E-state index in [0.717, 1.165) is 45.3 Å². The number of nitrogens with one attached hydrogen (secondary N) is 1. The molecule has 1 aliphatic heterocycles. The predicted molar refractivity (Wildman–Crippen MR) is 80.6 cm³/mol. The van der Waals surface area contributed by atoms with Gasteiger partial charge >= 0.3 is 0 Å². The van der Waals surface area contributed by atoms with E-state index in [-0.39, 0.29) is 5.41 Å². The zero-order valence-electron chi connectivity index (χ0n) is 12.3. The van der Waals surface area contributed by atoms with Crippen LogP contribution < -0.4 is 5.32 Å². The van der Waals surface area contributed by atoms with Gasteiger partial charge in [-0.05, 0) is 37.8 Å². The van der Waals surface area contributed by atoms with E-state index in [1.165, 1.54) is 5.56 Å². The van der Waals surface area contributed by atoms with Crippen LogP contribution in [0.25, 0.3) is 0 Å². The second kappa shape index (κ2) is 5.57. The zero-order valence-corrected chi connectivity index (χ0v) is 12.3. The van der Waals surface area contributed by atoms with E-state index in [1.807, 2.05) is 18.2 Å². The molecule has 1 aromatic rings. The highest BCUT2D eigenvalue weighted by Crippen LogP contribution is 2.49. The molecular formula is C17H24N2O. The first-order chi connectivity index (χ1) is 9.76. The summed E-state index contributed by atoms with van der Waals surface area (Å²) in [4.78, 5) is 14.9. The maximum atomic E-state index is 12.9. The molecular weight excluding hydrogens is 248 g/mol. The van der Waals surface area contributed by atoms with Crippen LogP contribution in [0.2, 0.25) is 0 Å². The summed E-state index contributed by atoms with van der Waals surface area (Å²) >= 11 is 0. The van der Waals surface area contributed by atoms with Crippen LogP contribution >= 0.6 is 0 Å². The van der Waals surface area contributed by atoms with Crippen LogP contribution in [-0.2, 0) is 10.2 Å². The SMILES string of the molecule is CCNC1CCN(C(=O)C2(c3ccccc3)CC2)CC1. The quantitative estimate of drug-likeness (QED) is 0.912. The van der Waals surface area contributed by atoms with E-state index in [2.05, 4.69) is 29.3 Å². The first-order valence-electron chi connectivity index (χ1n) is 7.84. The Morgan fingerprint density at radius 1 is 1.25 bits per heavy atom. The van der Waals surface area contributed by atoms with Crippen LogP contribution in [0.3, 0.4) is 0 Å². The molecule has 1 saturated carbocycles. The number of amides is 1. The molecule has 20 heavy (non-hydrogen) atoms. The maximum Gasteiger partial charge on any atom is 0.233 e. The second-order valence-corrected chi connectivity index (χ2v) is 6.07. The summed E-state index contributed by atoms with van der Waals surface area (Å²) in [5.74, 6) is 0.360. The molecule has 2 fully saturated rings. The lowest BCUT2D eigenvalue weighted by molar-refractivity contribution is -0.135. The Bertz CT molecular complexity index is 459. The van der Waals surface area contributed by atoms with Gasteiger partial charge in [0.15, 0.2) is 0 Å². The predicted octanol–water partition coefficient (Wildman–Crippen LogP) is 2.32.